The van der Waals surface area contributed by atoms with Crippen molar-refractivity contribution < 1.29 is 4.79 Å². The summed E-state index contributed by atoms with van der Waals surface area (Å²) in [6, 6.07) is 1.88. The van der Waals surface area contributed by atoms with E-state index < -0.39 is 0 Å². The Labute approximate surface area is 66.4 Å². The molecule has 1 unspecified atom stereocenters. The van der Waals surface area contributed by atoms with Crippen LogP contribution in [0.15, 0.2) is 4.99 Å². The molecular weight excluding hydrogens is 142 g/mol. The molecule has 0 spiro atoms. The first-order valence-corrected chi connectivity index (χ1v) is 3.39. The second-order valence-electron chi connectivity index (χ2n) is 2.63. The van der Waals surface area contributed by atoms with Gasteiger partial charge in [-0.2, -0.15) is 4.99 Å². The first-order chi connectivity index (χ1) is 5.07. The van der Waals surface area contributed by atoms with Gasteiger partial charge in [0.1, 0.15) is 0 Å². The lowest BCUT2D eigenvalue weighted by Crippen LogP contribution is -2.26. The van der Waals surface area contributed by atoms with E-state index in [-0.39, 0.29) is 11.9 Å². The van der Waals surface area contributed by atoms with Crippen LogP contribution in [-0.4, -0.2) is 37.0 Å². The molecule has 0 aromatic carbocycles. The molecule has 0 saturated heterocycles. The van der Waals surface area contributed by atoms with Crippen molar-refractivity contribution in [2.75, 3.05) is 14.1 Å². The van der Waals surface area contributed by atoms with Crippen molar-refractivity contribution >= 4 is 11.9 Å². The summed E-state index contributed by atoms with van der Waals surface area (Å²) in [6.07, 6.45) is 0.346. The molecule has 0 aromatic rings. The van der Waals surface area contributed by atoms with Crippen molar-refractivity contribution in [2.24, 2.45) is 4.99 Å². The molecule has 0 radical (unpaired) electrons. The predicted molar refractivity (Wildman–Crippen MR) is 42.9 cm³/mol. The van der Waals surface area contributed by atoms with Gasteiger partial charge in [-0.25, -0.2) is 5.41 Å². The lowest BCUT2D eigenvalue weighted by Gasteiger charge is -2.16. The number of amides is 1. The van der Waals surface area contributed by atoms with Crippen LogP contribution >= 0.6 is 0 Å². The number of aliphatic imine (C=N–C) groups is 1. The van der Waals surface area contributed by atoms with Crippen LogP contribution in [0.1, 0.15) is 13.3 Å². The summed E-state index contributed by atoms with van der Waals surface area (Å²) in [4.78, 5) is 15.9. The zero-order valence-corrected chi connectivity index (χ0v) is 7.09. The highest BCUT2D eigenvalue weighted by Gasteiger charge is 2.08. The van der Waals surface area contributed by atoms with Crippen LogP contribution in [0.3, 0.4) is 0 Å². The summed E-state index contributed by atoms with van der Waals surface area (Å²) in [5.74, 6) is -0.291. The van der Waals surface area contributed by atoms with Gasteiger partial charge in [0.25, 0.3) is 5.91 Å². The first-order valence-electron chi connectivity index (χ1n) is 3.39. The lowest BCUT2D eigenvalue weighted by atomic mass is 10.2. The second kappa shape index (κ2) is 4.77. The standard InChI is InChI=1S/C7H13N3O/c1-6(10(2)3)4-7(11)9-5-8/h6,8H,4H2,1-3H3. The average molecular weight is 155 g/mol. The number of carbonyl (C=O) groups excluding carboxylic acids is 1. The fourth-order valence-corrected chi connectivity index (χ4v) is 0.543. The molecule has 11 heavy (non-hydrogen) atoms. The first kappa shape index (κ1) is 10.0. The van der Waals surface area contributed by atoms with E-state index in [1.807, 2.05) is 25.9 Å². The summed E-state index contributed by atoms with van der Waals surface area (Å²) in [6.45, 7) is 1.93. The van der Waals surface area contributed by atoms with Crippen molar-refractivity contribution in [1.82, 2.24) is 4.90 Å². The summed E-state index contributed by atoms with van der Waals surface area (Å²) < 4.78 is 0. The Morgan fingerprint density at radius 2 is 2.27 bits per heavy atom. The number of rotatable bonds is 3. The van der Waals surface area contributed by atoms with E-state index >= 15 is 0 Å². The van der Waals surface area contributed by atoms with Crippen molar-refractivity contribution in [3.05, 3.63) is 0 Å². The lowest BCUT2D eigenvalue weighted by molar-refractivity contribution is -0.118. The van der Waals surface area contributed by atoms with Gasteiger partial charge in [-0.1, -0.05) is 0 Å². The molecule has 62 valence electrons. The minimum Gasteiger partial charge on any atom is -0.306 e. The van der Waals surface area contributed by atoms with Gasteiger partial charge in [0, 0.05) is 12.5 Å². The van der Waals surface area contributed by atoms with E-state index in [1.54, 1.807) is 6.01 Å². The monoisotopic (exact) mass is 155 g/mol. The molecule has 0 rings (SSSR count). The summed E-state index contributed by atoms with van der Waals surface area (Å²) in [5, 5.41) is 6.43. The van der Waals surface area contributed by atoms with Crippen LogP contribution in [0.2, 0.25) is 0 Å². The third-order valence-corrected chi connectivity index (χ3v) is 1.53. The number of hydrogen-bond donors (Lipinski definition) is 1. The van der Waals surface area contributed by atoms with Crippen molar-refractivity contribution in [1.29, 1.82) is 5.41 Å². The quantitative estimate of drug-likeness (QED) is 0.607. The van der Waals surface area contributed by atoms with E-state index in [2.05, 4.69) is 4.99 Å². The molecule has 0 aromatic heterocycles. The van der Waals surface area contributed by atoms with Gasteiger partial charge in [0.05, 0.1) is 6.01 Å². The molecule has 4 nitrogen and oxygen atoms in total. The number of carbonyl (C=O) groups is 1. The van der Waals surface area contributed by atoms with Crippen molar-refractivity contribution in [2.45, 2.75) is 19.4 Å². The molecule has 1 amide bonds. The van der Waals surface area contributed by atoms with Crippen LogP contribution in [-0.2, 0) is 4.79 Å². The number of nitrogens with zero attached hydrogens (tertiary/aromatic N) is 2. The normalized spacial score (nSPS) is 12.4. The Balaban J connectivity index is 3.84. The SMILES string of the molecule is CC(CC(=O)N=C=N)N(C)C. The molecule has 0 saturated carbocycles. The minimum atomic E-state index is -0.291. The highest BCUT2D eigenvalue weighted by atomic mass is 16.1. The molecule has 0 aliphatic rings. The van der Waals surface area contributed by atoms with Gasteiger partial charge >= 0.3 is 0 Å². The van der Waals surface area contributed by atoms with E-state index in [4.69, 9.17) is 5.41 Å². The average Bonchev–Trinajstić information content (AvgIpc) is 1.87. The van der Waals surface area contributed by atoms with Gasteiger partial charge in [-0.3, -0.25) is 4.79 Å². The topological polar surface area (TPSA) is 56.5 Å². The van der Waals surface area contributed by atoms with Crippen LogP contribution in [0.25, 0.3) is 0 Å². The van der Waals surface area contributed by atoms with Crippen LogP contribution in [0, 0.1) is 5.41 Å². The smallest absolute Gasteiger partial charge is 0.256 e. The number of nitrogens with one attached hydrogen (secondary N) is 1. The van der Waals surface area contributed by atoms with Gasteiger partial charge < -0.3 is 4.90 Å². The maximum atomic E-state index is 10.8. The minimum absolute atomic E-state index is 0.166. The Kier molecular flexibility index (Phi) is 4.34. The Hall–Kier alpha value is -0.990. The summed E-state index contributed by atoms with van der Waals surface area (Å²) in [5.41, 5.74) is 0. The van der Waals surface area contributed by atoms with Crippen molar-refractivity contribution in [3.63, 3.8) is 0 Å². The third-order valence-electron chi connectivity index (χ3n) is 1.53. The highest BCUT2D eigenvalue weighted by Crippen LogP contribution is 1.98. The molecule has 0 fully saturated rings. The fraction of sp³-hybridized carbons (Fsp3) is 0.714. The van der Waals surface area contributed by atoms with E-state index in [1.165, 1.54) is 0 Å². The van der Waals surface area contributed by atoms with E-state index in [9.17, 15) is 4.79 Å². The zero-order valence-electron chi connectivity index (χ0n) is 7.09. The van der Waals surface area contributed by atoms with E-state index in [0.717, 1.165) is 0 Å². The maximum absolute atomic E-state index is 10.8. The van der Waals surface area contributed by atoms with Crippen LogP contribution in [0.5, 0.6) is 0 Å². The molecule has 0 aliphatic heterocycles. The second-order valence-corrected chi connectivity index (χ2v) is 2.63. The van der Waals surface area contributed by atoms with Gasteiger partial charge in [0.2, 0.25) is 0 Å². The zero-order chi connectivity index (χ0) is 8.85. The molecule has 4 heteroatoms. The fourth-order valence-electron chi connectivity index (χ4n) is 0.543. The van der Waals surface area contributed by atoms with Crippen molar-refractivity contribution in [3.8, 4) is 0 Å². The molecular formula is C7H13N3O. The predicted octanol–water partition coefficient (Wildman–Crippen LogP) is 0.606. The Morgan fingerprint density at radius 1 is 1.73 bits per heavy atom. The Morgan fingerprint density at radius 3 is 2.64 bits per heavy atom. The van der Waals surface area contributed by atoms with Gasteiger partial charge in [-0.15, -0.1) is 0 Å². The van der Waals surface area contributed by atoms with Crippen LogP contribution < -0.4 is 0 Å². The Bertz CT molecular complexity index is 182. The summed E-state index contributed by atoms with van der Waals surface area (Å²) >= 11 is 0. The largest absolute Gasteiger partial charge is 0.306 e. The van der Waals surface area contributed by atoms with Crippen LogP contribution in [0.4, 0.5) is 0 Å². The molecule has 0 aliphatic carbocycles. The maximum Gasteiger partial charge on any atom is 0.256 e. The molecule has 0 heterocycles. The van der Waals surface area contributed by atoms with E-state index in [0.29, 0.717) is 6.42 Å². The molecule has 0 bridgehead atoms. The molecule has 1 N–H and O–H groups in total. The van der Waals surface area contributed by atoms with Gasteiger partial charge in [-0.05, 0) is 21.0 Å². The number of hydrogen-bond acceptors (Lipinski definition) is 3. The van der Waals surface area contributed by atoms with Gasteiger partial charge in [0.15, 0.2) is 0 Å². The summed E-state index contributed by atoms with van der Waals surface area (Å²) in [7, 11) is 3.79. The third kappa shape index (κ3) is 4.42. The highest BCUT2D eigenvalue weighted by molar-refractivity contribution is 5.82. The molecule has 1 atom stereocenters.